The van der Waals surface area contributed by atoms with Gasteiger partial charge in [-0.3, -0.25) is 0 Å². The summed E-state index contributed by atoms with van der Waals surface area (Å²) in [4.78, 5) is 0.477. The minimum atomic E-state index is -3.24. The first-order chi connectivity index (χ1) is 8.96. The second kappa shape index (κ2) is 5.63. The number of sulfone groups is 1. The monoisotopic (exact) mass is 281 g/mol. The highest BCUT2D eigenvalue weighted by atomic mass is 32.2. The van der Waals surface area contributed by atoms with Crippen molar-refractivity contribution >= 4 is 9.84 Å². The summed E-state index contributed by atoms with van der Waals surface area (Å²) in [6.07, 6.45) is 3.23. The van der Waals surface area contributed by atoms with Crippen molar-refractivity contribution in [3.05, 3.63) is 29.3 Å². The molecule has 2 rings (SSSR count). The Bertz CT molecular complexity index is 551. The SMILES string of the molecule is CCNC(C)C(C)S(=O)(=O)c1ccc2c(c1)CCC2. The lowest BCUT2D eigenvalue weighted by molar-refractivity contribution is 0.521. The zero-order valence-corrected chi connectivity index (χ0v) is 12.8. The fourth-order valence-electron chi connectivity index (χ4n) is 2.70. The highest BCUT2D eigenvalue weighted by molar-refractivity contribution is 7.92. The molecule has 0 amide bonds. The molecule has 1 N–H and O–H groups in total. The summed E-state index contributed by atoms with van der Waals surface area (Å²) in [5, 5.41) is 2.78. The third-order valence-corrected chi connectivity index (χ3v) is 6.42. The number of rotatable bonds is 5. The van der Waals surface area contributed by atoms with Gasteiger partial charge in [0, 0.05) is 6.04 Å². The van der Waals surface area contributed by atoms with Crippen LogP contribution in [0.1, 0.15) is 38.3 Å². The number of fused-ring (bicyclic) bond motifs is 1. The lowest BCUT2D eigenvalue weighted by Crippen LogP contribution is -2.40. The Labute approximate surface area is 116 Å². The lowest BCUT2D eigenvalue weighted by Gasteiger charge is -2.21. The maximum Gasteiger partial charge on any atom is 0.182 e. The molecule has 4 heteroatoms. The average Bonchev–Trinajstić information content (AvgIpc) is 2.85. The van der Waals surface area contributed by atoms with Crippen molar-refractivity contribution in [2.24, 2.45) is 0 Å². The largest absolute Gasteiger partial charge is 0.313 e. The van der Waals surface area contributed by atoms with E-state index in [-0.39, 0.29) is 6.04 Å². The van der Waals surface area contributed by atoms with Crippen molar-refractivity contribution in [1.29, 1.82) is 0 Å². The van der Waals surface area contributed by atoms with Gasteiger partial charge < -0.3 is 5.32 Å². The van der Waals surface area contributed by atoms with Crippen LogP contribution >= 0.6 is 0 Å². The van der Waals surface area contributed by atoms with E-state index in [1.54, 1.807) is 13.0 Å². The summed E-state index contributed by atoms with van der Waals surface area (Å²) in [5.74, 6) is 0. The first-order valence-corrected chi connectivity index (χ1v) is 8.60. The molecule has 0 fully saturated rings. The standard InChI is InChI=1S/C15H23NO2S/c1-4-16-11(2)12(3)19(17,18)15-9-8-13-6-5-7-14(13)10-15/h8-12,16H,4-7H2,1-3H3. The molecule has 2 atom stereocenters. The lowest BCUT2D eigenvalue weighted by atomic mass is 10.1. The van der Waals surface area contributed by atoms with Gasteiger partial charge in [-0.15, -0.1) is 0 Å². The molecular formula is C15H23NO2S. The van der Waals surface area contributed by atoms with Crippen molar-refractivity contribution in [3.63, 3.8) is 0 Å². The van der Waals surface area contributed by atoms with E-state index in [0.717, 1.165) is 25.8 Å². The van der Waals surface area contributed by atoms with Crippen LogP contribution in [0.2, 0.25) is 0 Å². The first kappa shape index (κ1) is 14.5. The van der Waals surface area contributed by atoms with Crippen LogP contribution in [0.3, 0.4) is 0 Å². The summed E-state index contributed by atoms with van der Waals surface area (Å²) < 4.78 is 25.2. The maximum atomic E-state index is 12.6. The van der Waals surface area contributed by atoms with Crippen LogP contribution in [-0.4, -0.2) is 26.3 Å². The Morgan fingerprint density at radius 2 is 1.89 bits per heavy atom. The third-order valence-electron chi connectivity index (χ3n) is 4.12. The maximum absolute atomic E-state index is 12.6. The van der Waals surface area contributed by atoms with Gasteiger partial charge in [-0.25, -0.2) is 8.42 Å². The smallest absolute Gasteiger partial charge is 0.182 e. The van der Waals surface area contributed by atoms with Gasteiger partial charge in [0.15, 0.2) is 9.84 Å². The minimum Gasteiger partial charge on any atom is -0.313 e. The van der Waals surface area contributed by atoms with E-state index in [4.69, 9.17) is 0 Å². The fraction of sp³-hybridized carbons (Fsp3) is 0.600. The molecule has 0 spiro atoms. The van der Waals surface area contributed by atoms with Gasteiger partial charge >= 0.3 is 0 Å². The number of hydrogen-bond donors (Lipinski definition) is 1. The average molecular weight is 281 g/mol. The molecule has 1 aliphatic carbocycles. The molecule has 0 saturated heterocycles. The number of aryl methyl sites for hydroxylation is 2. The van der Waals surface area contributed by atoms with Crippen molar-refractivity contribution in [2.45, 2.75) is 56.2 Å². The Hall–Kier alpha value is -0.870. The summed E-state index contributed by atoms with van der Waals surface area (Å²) in [7, 11) is -3.24. The molecule has 1 aliphatic rings. The third kappa shape index (κ3) is 2.84. The van der Waals surface area contributed by atoms with E-state index in [2.05, 4.69) is 5.32 Å². The highest BCUT2D eigenvalue weighted by Crippen LogP contribution is 2.27. The molecule has 19 heavy (non-hydrogen) atoms. The predicted molar refractivity (Wildman–Crippen MR) is 78.3 cm³/mol. The number of nitrogens with one attached hydrogen (secondary N) is 1. The van der Waals surface area contributed by atoms with Crippen molar-refractivity contribution < 1.29 is 8.42 Å². The van der Waals surface area contributed by atoms with E-state index in [1.807, 2.05) is 26.0 Å². The highest BCUT2D eigenvalue weighted by Gasteiger charge is 2.28. The van der Waals surface area contributed by atoms with E-state index in [1.165, 1.54) is 11.1 Å². The molecule has 0 bridgehead atoms. The molecule has 2 unspecified atom stereocenters. The predicted octanol–water partition coefficient (Wildman–Crippen LogP) is 2.34. The minimum absolute atomic E-state index is 0.0387. The summed E-state index contributed by atoms with van der Waals surface area (Å²) in [5.41, 5.74) is 2.52. The van der Waals surface area contributed by atoms with Gasteiger partial charge in [0.1, 0.15) is 0 Å². The summed E-state index contributed by atoms with van der Waals surface area (Å²) in [6.45, 7) is 6.49. The van der Waals surface area contributed by atoms with Crippen LogP contribution in [0.25, 0.3) is 0 Å². The Balaban J connectivity index is 2.29. The topological polar surface area (TPSA) is 46.2 Å². The quantitative estimate of drug-likeness (QED) is 0.901. The van der Waals surface area contributed by atoms with Gasteiger partial charge in [-0.05, 0) is 62.9 Å². The second-order valence-electron chi connectivity index (χ2n) is 5.38. The van der Waals surface area contributed by atoms with Gasteiger partial charge in [0.05, 0.1) is 10.1 Å². The van der Waals surface area contributed by atoms with Crippen molar-refractivity contribution in [2.75, 3.05) is 6.54 Å². The molecule has 1 aromatic carbocycles. The normalized spacial score (nSPS) is 18.1. The summed E-state index contributed by atoms with van der Waals surface area (Å²) in [6, 6.07) is 5.60. The zero-order valence-electron chi connectivity index (χ0n) is 11.9. The Kier molecular flexibility index (Phi) is 4.31. The molecule has 0 aliphatic heterocycles. The van der Waals surface area contributed by atoms with Crippen LogP contribution < -0.4 is 5.32 Å². The van der Waals surface area contributed by atoms with E-state index >= 15 is 0 Å². The van der Waals surface area contributed by atoms with Crippen LogP contribution in [0, 0.1) is 0 Å². The number of benzene rings is 1. The van der Waals surface area contributed by atoms with Crippen molar-refractivity contribution in [1.82, 2.24) is 5.32 Å². The molecular weight excluding hydrogens is 258 g/mol. The Morgan fingerprint density at radius 1 is 1.21 bits per heavy atom. The van der Waals surface area contributed by atoms with Crippen LogP contribution in [0.5, 0.6) is 0 Å². The van der Waals surface area contributed by atoms with Crippen LogP contribution in [-0.2, 0) is 22.7 Å². The van der Waals surface area contributed by atoms with Crippen molar-refractivity contribution in [3.8, 4) is 0 Å². The summed E-state index contributed by atoms with van der Waals surface area (Å²) >= 11 is 0. The molecule has 1 aromatic rings. The van der Waals surface area contributed by atoms with E-state index in [9.17, 15) is 8.42 Å². The van der Waals surface area contributed by atoms with E-state index in [0.29, 0.717) is 4.90 Å². The van der Waals surface area contributed by atoms with Crippen LogP contribution in [0.4, 0.5) is 0 Å². The van der Waals surface area contributed by atoms with Gasteiger partial charge in [-0.1, -0.05) is 13.0 Å². The van der Waals surface area contributed by atoms with Crippen LogP contribution in [0.15, 0.2) is 23.1 Å². The number of hydrogen-bond acceptors (Lipinski definition) is 3. The molecule has 0 radical (unpaired) electrons. The fourth-order valence-corrected chi connectivity index (χ4v) is 4.32. The van der Waals surface area contributed by atoms with Gasteiger partial charge in [0.2, 0.25) is 0 Å². The molecule has 106 valence electrons. The molecule has 0 saturated carbocycles. The first-order valence-electron chi connectivity index (χ1n) is 7.06. The molecule has 0 aromatic heterocycles. The molecule has 3 nitrogen and oxygen atoms in total. The van der Waals surface area contributed by atoms with Gasteiger partial charge in [-0.2, -0.15) is 0 Å². The Morgan fingerprint density at radius 3 is 2.58 bits per heavy atom. The van der Waals surface area contributed by atoms with E-state index < -0.39 is 15.1 Å². The van der Waals surface area contributed by atoms with Gasteiger partial charge in [0.25, 0.3) is 0 Å². The second-order valence-corrected chi connectivity index (χ2v) is 7.69. The zero-order chi connectivity index (χ0) is 14.0. The molecule has 0 heterocycles.